The van der Waals surface area contributed by atoms with Gasteiger partial charge in [-0.3, -0.25) is 4.79 Å². The van der Waals surface area contributed by atoms with Gasteiger partial charge in [0.25, 0.3) is 5.91 Å². The molecular weight excluding hydrogens is 325 g/mol. The maximum Gasteiger partial charge on any atom is 0.255 e. The van der Waals surface area contributed by atoms with Gasteiger partial charge in [-0.25, -0.2) is 4.39 Å². The monoisotopic (exact) mass is 335 g/mol. The van der Waals surface area contributed by atoms with Gasteiger partial charge in [0.15, 0.2) is 0 Å². The highest BCUT2D eigenvalue weighted by atomic mass is 79.9. The molecule has 2 aromatic rings. The van der Waals surface area contributed by atoms with Gasteiger partial charge in [0.2, 0.25) is 0 Å². The second-order valence-corrected chi connectivity index (χ2v) is 5.41. The molecule has 0 saturated heterocycles. The van der Waals surface area contributed by atoms with Crippen LogP contribution in [0.2, 0.25) is 0 Å². The highest BCUT2D eigenvalue weighted by Gasteiger charge is 2.15. The van der Waals surface area contributed by atoms with Crippen LogP contribution in [-0.4, -0.2) is 5.91 Å². The summed E-state index contributed by atoms with van der Waals surface area (Å²) in [6.45, 7) is 1.12. The van der Waals surface area contributed by atoms with E-state index in [1.807, 2.05) is 12.1 Å². The van der Waals surface area contributed by atoms with E-state index in [2.05, 4.69) is 21.2 Å². The van der Waals surface area contributed by atoms with Gasteiger partial charge in [-0.05, 0) is 57.4 Å². The number of anilines is 1. The van der Waals surface area contributed by atoms with Crippen LogP contribution in [0.5, 0.6) is 0 Å². The van der Waals surface area contributed by atoms with Gasteiger partial charge in [0.1, 0.15) is 5.82 Å². The molecule has 1 N–H and O–H groups in total. The van der Waals surface area contributed by atoms with Gasteiger partial charge in [0.05, 0.1) is 18.9 Å². The normalized spacial score (nSPS) is 13.1. The summed E-state index contributed by atoms with van der Waals surface area (Å²) in [6, 6.07) is 9.60. The number of amides is 1. The summed E-state index contributed by atoms with van der Waals surface area (Å²) in [4.78, 5) is 12.2. The Morgan fingerprint density at radius 1 is 1.15 bits per heavy atom. The van der Waals surface area contributed by atoms with Crippen LogP contribution in [0.4, 0.5) is 10.1 Å². The van der Waals surface area contributed by atoms with Gasteiger partial charge in [0, 0.05) is 10.0 Å². The van der Waals surface area contributed by atoms with E-state index in [9.17, 15) is 9.18 Å². The second-order valence-electron chi connectivity index (χ2n) is 4.55. The van der Waals surface area contributed by atoms with Crippen molar-refractivity contribution in [2.24, 2.45) is 0 Å². The predicted octanol–water partition coefficient (Wildman–Crippen LogP) is 3.87. The number of hydrogen-bond donors (Lipinski definition) is 1. The van der Waals surface area contributed by atoms with Crippen LogP contribution in [0.25, 0.3) is 0 Å². The third-order valence-corrected chi connectivity index (χ3v) is 3.85. The highest BCUT2D eigenvalue weighted by molar-refractivity contribution is 9.10. The Morgan fingerprint density at radius 2 is 1.95 bits per heavy atom. The van der Waals surface area contributed by atoms with E-state index in [0.717, 1.165) is 11.1 Å². The summed E-state index contributed by atoms with van der Waals surface area (Å²) >= 11 is 3.28. The number of ether oxygens (including phenoxy) is 1. The number of hydrogen-bond acceptors (Lipinski definition) is 2. The Balaban J connectivity index is 1.84. The van der Waals surface area contributed by atoms with Crippen molar-refractivity contribution in [1.29, 1.82) is 0 Å². The third-order valence-electron chi connectivity index (χ3n) is 3.16. The van der Waals surface area contributed by atoms with Crippen molar-refractivity contribution in [3.63, 3.8) is 0 Å². The number of carbonyl (C=O) groups is 1. The lowest BCUT2D eigenvalue weighted by atomic mass is 10.1. The quantitative estimate of drug-likeness (QED) is 0.904. The first-order chi connectivity index (χ1) is 9.63. The molecular formula is C15H11BrFNO2. The molecule has 2 aromatic carbocycles. The Hall–Kier alpha value is -1.72. The van der Waals surface area contributed by atoms with E-state index in [1.165, 1.54) is 12.1 Å². The number of fused-ring (bicyclic) bond motifs is 1. The number of halogens is 2. The number of benzene rings is 2. The van der Waals surface area contributed by atoms with Crippen molar-refractivity contribution in [2.75, 3.05) is 5.32 Å². The van der Waals surface area contributed by atoms with E-state index >= 15 is 0 Å². The van der Waals surface area contributed by atoms with Crippen LogP contribution >= 0.6 is 15.9 Å². The van der Waals surface area contributed by atoms with Crippen LogP contribution in [0.15, 0.2) is 40.9 Å². The predicted molar refractivity (Wildman–Crippen MR) is 77.0 cm³/mol. The Morgan fingerprint density at radius 3 is 2.80 bits per heavy atom. The minimum atomic E-state index is -0.397. The Kier molecular flexibility index (Phi) is 3.54. The summed E-state index contributed by atoms with van der Waals surface area (Å²) < 4.78 is 19.1. The lowest BCUT2D eigenvalue weighted by molar-refractivity contribution is 0.102. The molecule has 0 aromatic heterocycles. The van der Waals surface area contributed by atoms with Crippen molar-refractivity contribution in [2.45, 2.75) is 13.2 Å². The van der Waals surface area contributed by atoms with Gasteiger partial charge < -0.3 is 10.1 Å². The molecule has 0 fully saturated rings. The van der Waals surface area contributed by atoms with Gasteiger partial charge in [-0.15, -0.1) is 0 Å². The maximum atomic E-state index is 13.2. The van der Waals surface area contributed by atoms with E-state index < -0.39 is 5.82 Å². The van der Waals surface area contributed by atoms with Crippen molar-refractivity contribution in [3.05, 3.63) is 63.4 Å². The van der Waals surface area contributed by atoms with Crippen molar-refractivity contribution >= 4 is 27.5 Å². The molecule has 1 aliphatic rings. The molecule has 3 nitrogen and oxygen atoms in total. The lowest BCUT2D eigenvalue weighted by Gasteiger charge is -2.08. The molecule has 1 heterocycles. The van der Waals surface area contributed by atoms with Crippen LogP contribution in [0.1, 0.15) is 21.5 Å². The second kappa shape index (κ2) is 5.34. The first-order valence-electron chi connectivity index (χ1n) is 6.09. The molecule has 0 saturated carbocycles. The zero-order valence-electron chi connectivity index (χ0n) is 10.5. The molecule has 0 unspecified atom stereocenters. The molecule has 3 rings (SSSR count). The molecule has 102 valence electrons. The summed E-state index contributed by atoms with van der Waals surface area (Å²) in [7, 11) is 0. The minimum Gasteiger partial charge on any atom is -0.372 e. The number of nitrogens with one attached hydrogen (secondary N) is 1. The molecule has 0 aliphatic carbocycles. The van der Waals surface area contributed by atoms with E-state index in [-0.39, 0.29) is 5.91 Å². The number of carbonyl (C=O) groups excluding carboxylic acids is 1. The largest absolute Gasteiger partial charge is 0.372 e. The maximum absolute atomic E-state index is 13.2. The van der Waals surface area contributed by atoms with Crippen LogP contribution < -0.4 is 5.32 Å². The lowest BCUT2D eigenvalue weighted by Crippen LogP contribution is -2.12. The first kappa shape index (κ1) is 13.3. The zero-order valence-corrected chi connectivity index (χ0v) is 12.0. The number of rotatable bonds is 2. The van der Waals surface area contributed by atoms with Crippen molar-refractivity contribution in [3.8, 4) is 0 Å². The average molecular weight is 336 g/mol. The van der Waals surface area contributed by atoms with E-state index in [0.29, 0.717) is 28.9 Å². The van der Waals surface area contributed by atoms with Crippen molar-refractivity contribution < 1.29 is 13.9 Å². The summed E-state index contributed by atoms with van der Waals surface area (Å²) in [5, 5.41) is 2.69. The highest BCUT2D eigenvalue weighted by Crippen LogP contribution is 2.25. The fourth-order valence-electron chi connectivity index (χ4n) is 2.10. The zero-order chi connectivity index (χ0) is 14.1. The average Bonchev–Trinajstić information content (AvgIpc) is 2.90. The van der Waals surface area contributed by atoms with E-state index in [4.69, 9.17) is 4.74 Å². The molecule has 0 spiro atoms. The smallest absolute Gasteiger partial charge is 0.255 e. The summed E-state index contributed by atoms with van der Waals surface area (Å²) in [5.41, 5.74) is 3.07. The Bertz CT molecular complexity index is 688. The van der Waals surface area contributed by atoms with Crippen molar-refractivity contribution in [1.82, 2.24) is 0 Å². The molecule has 1 amide bonds. The summed E-state index contributed by atoms with van der Waals surface area (Å²) in [6.07, 6.45) is 0. The van der Waals surface area contributed by atoms with Gasteiger partial charge in [-0.1, -0.05) is 6.07 Å². The van der Waals surface area contributed by atoms with Crippen LogP contribution in [0, 0.1) is 5.82 Å². The fourth-order valence-corrected chi connectivity index (χ4v) is 2.45. The molecule has 0 bridgehead atoms. The fraction of sp³-hybridized carbons (Fsp3) is 0.133. The molecule has 5 heteroatoms. The Labute approximate surface area is 123 Å². The minimum absolute atomic E-state index is 0.272. The topological polar surface area (TPSA) is 38.3 Å². The molecule has 20 heavy (non-hydrogen) atoms. The molecule has 0 atom stereocenters. The third kappa shape index (κ3) is 2.59. The van der Waals surface area contributed by atoms with Crippen LogP contribution in [-0.2, 0) is 18.0 Å². The van der Waals surface area contributed by atoms with Gasteiger partial charge in [-0.2, -0.15) is 0 Å². The summed E-state index contributed by atoms with van der Waals surface area (Å²) in [5.74, 6) is -0.670. The van der Waals surface area contributed by atoms with E-state index in [1.54, 1.807) is 12.1 Å². The first-order valence-corrected chi connectivity index (χ1v) is 6.89. The standard InChI is InChI=1S/C15H11BrFNO2/c16-13-4-3-12(17)6-14(13)18-15(19)9-1-2-10-7-20-8-11(10)5-9/h1-6H,7-8H2,(H,18,19). The van der Waals surface area contributed by atoms with Gasteiger partial charge >= 0.3 is 0 Å². The molecule has 0 radical (unpaired) electrons. The van der Waals surface area contributed by atoms with Crippen LogP contribution in [0.3, 0.4) is 0 Å². The SMILES string of the molecule is O=C(Nc1cc(F)ccc1Br)c1ccc2c(c1)COC2. The molecule has 1 aliphatic heterocycles.